The number of rotatable bonds is 9. The van der Waals surface area contributed by atoms with Crippen molar-refractivity contribution < 1.29 is 38.4 Å². The van der Waals surface area contributed by atoms with Crippen LogP contribution in [0.15, 0.2) is 48.0 Å². The van der Waals surface area contributed by atoms with Crippen LogP contribution in [0, 0.1) is 6.92 Å². The van der Waals surface area contributed by atoms with Gasteiger partial charge in [0.15, 0.2) is 16.6 Å². The van der Waals surface area contributed by atoms with E-state index in [2.05, 4.69) is 11.9 Å². The fourth-order valence-electron chi connectivity index (χ4n) is 4.67. The third-order valence-electron chi connectivity index (χ3n) is 6.65. The lowest BCUT2D eigenvalue weighted by Crippen LogP contribution is -2.29. The fourth-order valence-corrected chi connectivity index (χ4v) is 5.66. The van der Waals surface area contributed by atoms with Crippen molar-refractivity contribution in [2.24, 2.45) is 0 Å². The first-order valence-corrected chi connectivity index (χ1v) is 14.2. The lowest BCUT2D eigenvalue weighted by Gasteiger charge is -2.24. The molecule has 0 aliphatic carbocycles. The maximum Gasteiger partial charge on any atom is 0.350 e. The van der Waals surface area contributed by atoms with Gasteiger partial charge in [-0.15, -0.1) is 0 Å². The van der Waals surface area contributed by atoms with Gasteiger partial charge in [-0.2, -0.15) is 0 Å². The van der Waals surface area contributed by atoms with Gasteiger partial charge in [0, 0.05) is 5.56 Å². The average molecular weight is 579 g/mol. The number of aryl methyl sites for hydroxylation is 1. The van der Waals surface area contributed by atoms with Gasteiger partial charge in [-0.05, 0) is 56.2 Å². The fraction of sp³-hybridized carbons (Fsp3) is 0.333. The first kappa shape index (κ1) is 28.2. The number of benzene rings is 2. The van der Waals surface area contributed by atoms with Crippen molar-refractivity contribution in [1.82, 2.24) is 4.98 Å². The van der Waals surface area contributed by atoms with Gasteiger partial charge in [-0.25, -0.2) is 9.78 Å². The van der Waals surface area contributed by atoms with Gasteiger partial charge in [0.1, 0.15) is 29.6 Å². The normalized spacial score (nSPS) is 17.5. The topological polar surface area (TPSA) is 124 Å². The summed E-state index contributed by atoms with van der Waals surface area (Å²) < 4.78 is 22.3. The number of nitrogens with zero attached hydrogens (tertiary/aromatic N) is 2. The second kappa shape index (κ2) is 12.0. The molecule has 0 spiro atoms. The van der Waals surface area contributed by atoms with E-state index >= 15 is 0 Å². The highest BCUT2D eigenvalue weighted by Gasteiger charge is 2.48. The molecule has 214 valence electrons. The molecule has 2 aliphatic rings. The van der Waals surface area contributed by atoms with Gasteiger partial charge in [-0.3, -0.25) is 14.5 Å². The summed E-state index contributed by atoms with van der Waals surface area (Å²) in [4.78, 5) is 45.6. The third kappa shape index (κ3) is 5.49. The third-order valence-corrected chi connectivity index (χ3v) is 7.79. The number of Topliss-reactive ketones (excluding diaryl/α,β-unsaturated/α-hetero) is 1. The van der Waals surface area contributed by atoms with Crippen LogP contribution >= 0.6 is 11.3 Å². The first-order chi connectivity index (χ1) is 19.8. The van der Waals surface area contributed by atoms with E-state index in [1.165, 1.54) is 4.90 Å². The number of amides is 1. The highest BCUT2D eigenvalue weighted by Crippen LogP contribution is 2.45. The van der Waals surface area contributed by atoms with Crippen molar-refractivity contribution in [3.8, 4) is 17.2 Å². The summed E-state index contributed by atoms with van der Waals surface area (Å²) in [5, 5.41) is 11.7. The van der Waals surface area contributed by atoms with E-state index in [0.29, 0.717) is 48.3 Å². The summed E-state index contributed by atoms with van der Waals surface area (Å²) in [5.41, 5.74) is 1.06. The number of carbonyl (C=O) groups is 3. The molecule has 1 atom stereocenters. The summed E-state index contributed by atoms with van der Waals surface area (Å²) in [5.74, 6) is -1.20. The molecular weight excluding hydrogens is 548 g/mol. The number of thiazole rings is 1. The maximum absolute atomic E-state index is 13.6. The lowest BCUT2D eigenvalue weighted by molar-refractivity contribution is -0.132. The Bertz CT molecular complexity index is 1530. The highest BCUT2D eigenvalue weighted by atomic mass is 32.1. The molecule has 0 bridgehead atoms. The number of aliphatic hydroxyl groups is 1. The summed E-state index contributed by atoms with van der Waals surface area (Å²) in [6.45, 7) is 6.82. The van der Waals surface area contributed by atoms with E-state index in [0.717, 1.165) is 24.2 Å². The van der Waals surface area contributed by atoms with Crippen LogP contribution in [0.4, 0.5) is 5.13 Å². The molecule has 10 nitrogen and oxygen atoms in total. The monoisotopic (exact) mass is 578 g/mol. The van der Waals surface area contributed by atoms with Crippen molar-refractivity contribution in [1.29, 1.82) is 0 Å². The number of esters is 1. The maximum atomic E-state index is 13.6. The van der Waals surface area contributed by atoms with Crippen LogP contribution in [0.1, 0.15) is 59.2 Å². The molecule has 1 aromatic heterocycles. The lowest BCUT2D eigenvalue weighted by atomic mass is 9.95. The molecule has 1 amide bonds. The van der Waals surface area contributed by atoms with E-state index in [1.54, 1.807) is 56.3 Å². The van der Waals surface area contributed by atoms with Crippen LogP contribution in [0.3, 0.4) is 0 Å². The minimum Gasteiger partial charge on any atom is -0.507 e. The van der Waals surface area contributed by atoms with Crippen molar-refractivity contribution in [3.63, 3.8) is 0 Å². The quantitative estimate of drug-likeness (QED) is 0.120. The summed E-state index contributed by atoms with van der Waals surface area (Å²) in [7, 11) is 0. The SMILES string of the molecule is CCCCOc1cccc([C@@H]2/C(=C(\O)c3ccc4c(c3)OCCO4)C(=O)C(=O)N2c2nc(C)c(C(=O)OCC)s2)c1. The number of fused-ring (bicyclic) bond motifs is 1. The molecule has 2 aliphatic heterocycles. The molecule has 1 saturated heterocycles. The number of ether oxygens (including phenoxy) is 4. The highest BCUT2D eigenvalue weighted by molar-refractivity contribution is 7.17. The van der Waals surface area contributed by atoms with Crippen LogP contribution in [0.25, 0.3) is 5.76 Å². The Kier molecular flexibility index (Phi) is 8.25. The minimum atomic E-state index is -1.04. The summed E-state index contributed by atoms with van der Waals surface area (Å²) >= 11 is 0.953. The van der Waals surface area contributed by atoms with Crippen molar-refractivity contribution >= 4 is 39.9 Å². The Labute approximate surface area is 241 Å². The Hall–Kier alpha value is -4.38. The largest absolute Gasteiger partial charge is 0.507 e. The van der Waals surface area contributed by atoms with Gasteiger partial charge in [0.05, 0.1) is 30.5 Å². The first-order valence-electron chi connectivity index (χ1n) is 13.4. The smallest absolute Gasteiger partial charge is 0.350 e. The molecule has 3 heterocycles. The Morgan fingerprint density at radius 3 is 2.66 bits per heavy atom. The van der Waals surface area contributed by atoms with Crippen LogP contribution in [0.2, 0.25) is 0 Å². The van der Waals surface area contributed by atoms with E-state index in [-0.39, 0.29) is 33.5 Å². The van der Waals surface area contributed by atoms with Gasteiger partial charge >= 0.3 is 11.9 Å². The Balaban J connectivity index is 1.64. The minimum absolute atomic E-state index is 0.122. The second-order valence-corrected chi connectivity index (χ2v) is 10.4. The van der Waals surface area contributed by atoms with Gasteiger partial charge in [0.25, 0.3) is 5.78 Å². The van der Waals surface area contributed by atoms with E-state index in [1.807, 2.05) is 0 Å². The zero-order valence-corrected chi connectivity index (χ0v) is 23.8. The molecule has 1 N–H and O–H groups in total. The molecule has 0 radical (unpaired) electrons. The molecule has 41 heavy (non-hydrogen) atoms. The zero-order valence-electron chi connectivity index (χ0n) is 23.0. The Morgan fingerprint density at radius 1 is 1.12 bits per heavy atom. The van der Waals surface area contributed by atoms with Gasteiger partial charge < -0.3 is 24.1 Å². The summed E-state index contributed by atoms with van der Waals surface area (Å²) in [6.07, 6.45) is 1.82. The van der Waals surface area contributed by atoms with Gasteiger partial charge in [0.2, 0.25) is 0 Å². The number of hydrogen-bond donors (Lipinski definition) is 1. The van der Waals surface area contributed by atoms with E-state index in [9.17, 15) is 19.5 Å². The van der Waals surface area contributed by atoms with Gasteiger partial charge in [-0.1, -0.05) is 36.8 Å². The predicted octanol–water partition coefficient (Wildman–Crippen LogP) is 5.20. The number of carbonyl (C=O) groups excluding carboxylic acids is 3. The Morgan fingerprint density at radius 2 is 1.90 bits per heavy atom. The molecule has 1 fully saturated rings. The van der Waals surface area contributed by atoms with Crippen molar-refractivity contribution in [2.45, 2.75) is 39.7 Å². The molecule has 5 rings (SSSR count). The van der Waals surface area contributed by atoms with Crippen LogP contribution < -0.4 is 19.1 Å². The number of hydrogen-bond acceptors (Lipinski definition) is 10. The van der Waals surface area contributed by atoms with Crippen molar-refractivity contribution in [2.75, 3.05) is 31.3 Å². The summed E-state index contributed by atoms with van der Waals surface area (Å²) in [6, 6.07) is 10.8. The zero-order chi connectivity index (χ0) is 29.1. The van der Waals surface area contributed by atoms with E-state index in [4.69, 9.17) is 18.9 Å². The number of aromatic nitrogens is 1. The average Bonchev–Trinajstić information content (AvgIpc) is 3.49. The van der Waals surface area contributed by atoms with Crippen LogP contribution in [-0.2, 0) is 14.3 Å². The number of aliphatic hydroxyl groups excluding tert-OH is 1. The van der Waals surface area contributed by atoms with Crippen LogP contribution in [0.5, 0.6) is 17.2 Å². The second-order valence-electron chi connectivity index (χ2n) is 9.43. The molecule has 11 heteroatoms. The van der Waals surface area contributed by atoms with Crippen LogP contribution in [-0.4, -0.2) is 54.2 Å². The molecule has 0 saturated carbocycles. The van der Waals surface area contributed by atoms with E-state index < -0.39 is 23.7 Å². The molecule has 3 aromatic rings. The molecule has 2 aromatic carbocycles. The molecular formula is C30H30N2O8S. The number of anilines is 1. The standard InChI is InChI=1S/C30H30N2O8S/c1-4-6-12-38-20-9-7-8-18(15-20)24-23(25(33)19-10-11-21-22(16-19)40-14-13-39-21)26(34)28(35)32(24)30-31-17(3)27(41-30)29(36)37-5-2/h7-11,15-16,24,33H,4-6,12-14H2,1-3H3/b25-23+/t24-/m1/s1. The van der Waals surface area contributed by atoms with Crippen molar-refractivity contribution in [3.05, 3.63) is 69.7 Å². The predicted molar refractivity (Wildman–Crippen MR) is 152 cm³/mol. The molecule has 0 unspecified atom stereocenters. The number of unbranched alkanes of at least 4 members (excludes halogenated alkanes) is 1. The number of ketones is 1.